The highest BCUT2D eigenvalue weighted by Crippen LogP contribution is 2.41. The molecule has 0 bridgehead atoms. The monoisotopic (exact) mass is 452 g/mol. The largest absolute Gasteiger partial charge is 0.386 e. The Morgan fingerprint density at radius 3 is 2.78 bits per heavy atom. The number of sulfone groups is 1. The minimum atomic E-state index is -3.57. The molecule has 1 atom stereocenters. The normalized spacial score (nSPS) is 23.6. The van der Waals surface area contributed by atoms with Crippen LogP contribution in [-0.2, 0) is 33.1 Å². The van der Waals surface area contributed by atoms with Crippen molar-refractivity contribution in [1.82, 2.24) is 9.61 Å². The van der Waals surface area contributed by atoms with E-state index < -0.39 is 20.1 Å². The summed E-state index contributed by atoms with van der Waals surface area (Å²) in [6.07, 6.45) is 1.94. The maximum Gasteiger partial charge on any atom is 0.187 e. The van der Waals surface area contributed by atoms with Crippen molar-refractivity contribution in [2.75, 3.05) is 12.4 Å². The fourth-order valence-electron chi connectivity index (χ4n) is 4.31. The minimum absolute atomic E-state index is 0.0754. The minimum Gasteiger partial charge on any atom is -0.386 e. The van der Waals surface area contributed by atoms with Gasteiger partial charge < -0.3 is 10.5 Å². The Bertz CT molecular complexity index is 1360. The van der Waals surface area contributed by atoms with Gasteiger partial charge in [-0.15, -0.1) is 0 Å². The molecule has 1 aromatic carbocycles. The third-order valence-electron chi connectivity index (χ3n) is 6.45. The number of fused-ring (bicyclic) bond motifs is 3. The van der Waals surface area contributed by atoms with E-state index in [1.165, 1.54) is 0 Å². The zero-order valence-corrected chi connectivity index (χ0v) is 18.7. The summed E-state index contributed by atoms with van der Waals surface area (Å²) >= 11 is 0. The van der Waals surface area contributed by atoms with Crippen LogP contribution in [0.5, 0.6) is 0 Å². The smallest absolute Gasteiger partial charge is 0.187 e. The van der Waals surface area contributed by atoms with Gasteiger partial charge in [0.1, 0.15) is 21.8 Å². The number of aromatic nitrogens is 2. The molecular weight excluding hydrogens is 428 g/mol. The van der Waals surface area contributed by atoms with Gasteiger partial charge in [0.05, 0.1) is 24.5 Å². The van der Waals surface area contributed by atoms with Gasteiger partial charge in [0, 0.05) is 12.6 Å². The molecular formula is C23H24N4O4S. The van der Waals surface area contributed by atoms with Crippen LogP contribution in [0.1, 0.15) is 41.0 Å². The van der Waals surface area contributed by atoms with Crippen LogP contribution in [0, 0.1) is 0 Å². The number of hydrogen-bond acceptors (Lipinski definition) is 7. The second-order valence-corrected chi connectivity index (χ2v) is 11.5. The van der Waals surface area contributed by atoms with Gasteiger partial charge in [0.15, 0.2) is 15.6 Å². The second kappa shape index (κ2) is 6.98. The van der Waals surface area contributed by atoms with Crippen LogP contribution in [0.2, 0.25) is 0 Å². The van der Waals surface area contributed by atoms with Crippen molar-refractivity contribution < 1.29 is 17.9 Å². The summed E-state index contributed by atoms with van der Waals surface area (Å²) in [6, 6.07) is 13.0. The first kappa shape index (κ1) is 20.8. The van der Waals surface area contributed by atoms with Gasteiger partial charge in [-0.25, -0.2) is 12.9 Å². The predicted octanol–water partition coefficient (Wildman–Crippen LogP) is 2.05. The number of rotatable bonds is 3. The molecule has 0 saturated heterocycles. The molecule has 2 aliphatic rings. The first-order valence-electron chi connectivity index (χ1n) is 10.4. The molecule has 2 aliphatic heterocycles. The molecule has 2 aromatic heterocycles. The average molecular weight is 453 g/mol. The fraction of sp³-hybridized carbons (Fsp3) is 0.348. The molecule has 32 heavy (non-hydrogen) atoms. The van der Waals surface area contributed by atoms with Crippen molar-refractivity contribution in [2.24, 2.45) is 10.7 Å². The van der Waals surface area contributed by atoms with Gasteiger partial charge >= 0.3 is 0 Å². The van der Waals surface area contributed by atoms with Gasteiger partial charge in [-0.3, -0.25) is 9.79 Å². The maximum absolute atomic E-state index is 13.0. The van der Waals surface area contributed by atoms with Crippen molar-refractivity contribution in [3.63, 3.8) is 0 Å². The van der Waals surface area contributed by atoms with Gasteiger partial charge in [-0.05, 0) is 48.7 Å². The summed E-state index contributed by atoms with van der Waals surface area (Å²) in [7, 11) is -3.57. The van der Waals surface area contributed by atoms with E-state index in [4.69, 9.17) is 10.5 Å². The van der Waals surface area contributed by atoms with Gasteiger partial charge in [-0.2, -0.15) is 5.10 Å². The Morgan fingerprint density at radius 2 is 2.03 bits per heavy atom. The molecule has 3 aromatic rings. The summed E-state index contributed by atoms with van der Waals surface area (Å²) in [6.45, 7) is 3.63. The second-order valence-electron chi connectivity index (χ2n) is 8.98. The molecule has 2 N–H and O–H groups in total. The fourth-order valence-corrected chi connectivity index (χ4v) is 5.97. The average Bonchev–Trinajstić information content (AvgIpc) is 3.17. The van der Waals surface area contributed by atoms with Crippen molar-refractivity contribution in [2.45, 2.75) is 37.2 Å². The molecule has 0 unspecified atom stereocenters. The zero-order chi connectivity index (χ0) is 22.7. The van der Waals surface area contributed by atoms with E-state index in [0.29, 0.717) is 12.3 Å². The number of Topliss-reactive ketones (excluding diaryl/α,β-unsaturated/α-hetero) is 1. The summed E-state index contributed by atoms with van der Waals surface area (Å²) < 4.78 is 32.2. The number of carbonyl (C=O) groups is 1. The van der Waals surface area contributed by atoms with Crippen LogP contribution >= 0.6 is 0 Å². The van der Waals surface area contributed by atoms with Crippen molar-refractivity contribution in [1.29, 1.82) is 0 Å². The van der Waals surface area contributed by atoms with Crippen molar-refractivity contribution in [3.05, 3.63) is 71.0 Å². The quantitative estimate of drug-likeness (QED) is 0.608. The Balaban J connectivity index is 1.52. The third-order valence-corrected chi connectivity index (χ3v) is 9.07. The lowest BCUT2D eigenvalue weighted by Crippen LogP contribution is -2.57. The number of ketones is 1. The Labute approximate surface area is 186 Å². The number of pyridine rings is 1. The topological polar surface area (TPSA) is 116 Å². The van der Waals surface area contributed by atoms with Crippen LogP contribution < -0.4 is 5.73 Å². The SMILES string of the molecule is CC1(C)C(N)=N[C@@]2(COCc3ccc(CC(=O)c4cc5ccccn5n4)cc32)CS1(=O)=O. The van der Waals surface area contributed by atoms with Crippen LogP contribution in [0.25, 0.3) is 5.52 Å². The van der Waals surface area contributed by atoms with Crippen LogP contribution in [-0.4, -0.2) is 46.8 Å². The summed E-state index contributed by atoms with van der Waals surface area (Å²) in [5.41, 5.74) is 8.64. The molecule has 166 valence electrons. The number of benzene rings is 1. The first-order valence-corrected chi connectivity index (χ1v) is 12.0. The highest BCUT2D eigenvalue weighted by atomic mass is 32.2. The molecule has 0 saturated carbocycles. The molecule has 8 nitrogen and oxygen atoms in total. The molecule has 9 heteroatoms. The molecule has 0 radical (unpaired) electrons. The maximum atomic E-state index is 13.0. The third kappa shape index (κ3) is 3.15. The number of aliphatic imine (C=N–C) groups is 1. The van der Waals surface area contributed by atoms with E-state index in [0.717, 1.165) is 22.2 Å². The lowest BCUT2D eigenvalue weighted by atomic mass is 9.85. The molecule has 1 spiro atoms. The van der Waals surface area contributed by atoms with E-state index >= 15 is 0 Å². The molecule has 0 amide bonds. The Kier molecular flexibility index (Phi) is 4.55. The van der Waals surface area contributed by atoms with Crippen molar-refractivity contribution >= 4 is 27.0 Å². The number of nitrogens with two attached hydrogens (primary N) is 1. The van der Waals surface area contributed by atoms with E-state index in [2.05, 4.69) is 10.1 Å². The molecule has 5 rings (SSSR count). The lowest BCUT2D eigenvalue weighted by Gasteiger charge is -2.42. The number of hydrogen-bond donors (Lipinski definition) is 1. The molecule has 0 aliphatic carbocycles. The molecule has 4 heterocycles. The van der Waals surface area contributed by atoms with E-state index in [-0.39, 0.29) is 30.4 Å². The number of amidine groups is 1. The Hall–Kier alpha value is -3.04. The first-order chi connectivity index (χ1) is 15.1. The number of ether oxygens (including phenoxy) is 1. The number of carbonyl (C=O) groups excluding carboxylic acids is 1. The predicted molar refractivity (Wildman–Crippen MR) is 120 cm³/mol. The summed E-state index contributed by atoms with van der Waals surface area (Å²) in [4.78, 5) is 17.6. The number of nitrogens with zero attached hydrogens (tertiary/aromatic N) is 3. The van der Waals surface area contributed by atoms with Crippen LogP contribution in [0.3, 0.4) is 0 Å². The lowest BCUT2D eigenvalue weighted by molar-refractivity contribution is 0.0609. The van der Waals surface area contributed by atoms with Crippen LogP contribution in [0.4, 0.5) is 0 Å². The highest BCUT2D eigenvalue weighted by Gasteiger charge is 2.52. The van der Waals surface area contributed by atoms with Crippen molar-refractivity contribution in [3.8, 4) is 0 Å². The Morgan fingerprint density at radius 1 is 1.22 bits per heavy atom. The van der Waals surface area contributed by atoms with E-state index in [1.807, 2.05) is 36.4 Å². The van der Waals surface area contributed by atoms with E-state index in [1.54, 1.807) is 30.6 Å². The van der Waals surface area contributed by atoms with Crippen LogP contribution in [0.15, 0.2) is 53.7 Å². The molecule has 0 fully saturated rings. The zero-order valence-electron chi connectivity index (χ0n) is 17.9. The standard InChI is InChI=1S/C23H24N4O4S/c1-22(2)21(24)25-23(14-32(22,29)30)13-31-12-16-7-6-15(9-18(16)23)10-20(28)19-11-17-5-3-4-8-27(17)26-19/h3-9,11H,10,12-14H2,1-2H3,(H2,24,25)/t23-/m0/s1. The van der Waals surface area contributed by atoms with E-state index in [9.17, 15) is 13.2 Å². The highest BCUT2D eigenvalue weighted by molar-refractivity contribution is 7.93. The summed E-state index contributed by atoms with van der Waals surface area (Å²) in [5.74, 6) is -0.230. The van der Waals surface area contributed by atoms with Gasteiger partial charge in [0.2, 0.25) is 0 Å². The van der Waals surface area contributed by atoms with Gasteiger partial charge in [-0.1, -0.05) is 24.3 Å². The van der Waals surface area contributed by atoms with Gasteiger partial charge in [0.25, 0.3) is 0 Å². The summed E-state index contributed by atoms with van der Waals surface area (Å²) in [5, 5.41) is 4.35.